The molecule has 0 radical (unpaired) electrons. The molecule has 0 unspecified atom stereocenters. The van der Waals surface area contributed by atoms with Crippen LogP contribution in [-0.4, -0.2) is 9.55 Å². The second kappa shape index (κ2) is 7.33. The van der Waals surface area contributed by atoms with Crippen LogP contribution in [0.4, 0.5) is 13.2 Å². The molecule has 0 bridgehead atoms. The maximum Gasteiger partial charge on any atom is 0.417 e. The number of hydrogen-bond donors (Lipinski definition) is 0. The molecule has 1 heterocycles. The van der Waals surface area contributed by atoms with Crippen LogP contribution < -0.4 is 5.56 Å². The average Bonchev–Trinajstić information content (AvgIpc) is 2.61. The maximum atomic E-state index is 13.1. The lowest BCUT2D eigenvalue weighted by Crippen LogP contribution is -2.15. The van der Waals surface area contributed by atoms with Gasteiger partial charge in [-0.1, -0.05) is 48.0 Å². The van der Waals surface area contributed by atoms with Crippen molar-refractivity contribution in [1.29, 1.82) is 0 Å². The van der Waals surface area contributed by atoms with Gasteiger partial charge in [-0.15, -0.1) is 0 Å². The van der Waals surface area contributed by atoms with E-state index < -0.39 is 22.3 Å². The second-order valence-corrected chi connectivity index (χ2v) is 6.06. The smallest absolute Gasteiger partial charge is 0.332 e. The van der Waals surface area contributed by atoms with Gasteiger partial charge in [0.15, 0.2) is 0 Å². The van der Waals surface area contributed by atoms with Crippen LogP contribution in [-0.2, 0) is 19.1 Å². The SMILES string of the molecule is O=c1ccn(CCc2ccccc2)c(-c2cccc(C(F)(F)F)c2Cl)n1. The Balaban J connectivity index is 2.03. The molecule has 2 aromatic carbocycles. The number of hydrogen-bond acceptors (Lipinski definition) is 2. The molecule has 26 heavy (non-hydrogen) atoms. The van der Waals surface area contributed by atoms with Crippen molar-refractivity contribution >= 4 is 11.6 Å². The zero-order chi connectivity index (χ0) is 18.7. The van der Waals surface area contributed by atoms with E-state index in [1.807, 2.05) is 30.3 Å². The zero-order valence-corrected chi connectivity index (χ0v) is 14.3. The van der Waals surface area contributed by atoms with Crippen LogP contribution in [0.2, 0.25) is 5.02 Å². The van der Waals surface area contributed by atoms with E-state index in [9.17, 15) is 18.0 Å². The summed E-state index contributed by atoms with van der Waals surface area (Å²) in [4.78, 5) is 15.6. The van der Waals surface area contributed by atoms with Gasteiger partial charge in [0.05, 0.1) is 10.6 Å². The molecule has 3 nitrogen and oxygen atoms in total. The summed E-state index contributed by atoms with van der Waals surface area (Å²) < 4.78 is 41.0. The van der Waals surface area contributed by atoms with E-state index in [1.54, 1.807) is 4.57 Å². The summed E-state index contributed by atoms with van der Waals surface area (Å²) in [5.74, 6) is 0.115. The summed E-state index contributed by atoms with van der Waals surface area (Å²) in [5, 5.41) is -0.466. The summed E-state index contributed by atoms with van der Waals surface area (Å²) in [6.45, 7) is 0.444. The van der Waals surface area contributed by atoms with Crippen molar-refractivity contribution in [3.05, 3.63) is 87.3 Å². The van der Waals surface area contributed by atoms with Crippen LogP contribution >= 0.6 is 11.6 Å². The number of nitrogens with zero attached hydrogens (tertiary/aromatic N) is 2. The van der Waals surface area contributed by atoms with Gasteiger partial charge in [0, 0.05) is 24.4 Å². The molecule has 3 aromatic rings. The zero-order valence-electron chi connectivity index (χ0n) is 13.5. The van der Waals surface area contributed by atoms with Crippen LogP contribution in [0.3, 0.4) is 0 Å². The number of benzene rings is 2. The normalized spacial score (nSPS) is 11.5. The Bertz CT molecular complexity index is 969. The Morgan fingerprint density at radius 3 is 2.42 bits per heavy atom. The molecule has 3 rings (SSSR count). The van der Waals surface area contributed by atoms with Gasteiger partial charge >= 0.3 is 6.18 Å². The molecule has 7 heteroatoms. The minimum absolute atomic E-state index is 0.0762. The molecule has 0 aliphatic rings. The lowest BCUT2D eigenvalue weighted by Gasteiger charge is -2.16. The monoisotopic (exact) mass is 378 g/mol. The first kappa shape index (κ1) is 18.2. The first-order chi connectivity index (χ1) is 12.4. The Morgan fingerprint density at radius 2 is 1.73 bits per heavy atom. The minimum Gasteiger partial charge on any atom is -0.332 e. The molecule has 0 saturated carbocycles. The number of rotatable bonds is 4. The Kier molecular flexibility index (Phi) is 5.13. The molecular weight excluding hydrogens is 365 g/mol. The first-order valence-electron chi connectivity index (χ1n) is 7.84. The predicted molar refractivity (Wildman–Crippen MR) is 94.1 cm³/mol. The fraction of sp³-hybridized carbons (Fsp3) is 0.158. The molecule has 0 spiro atoms. The van der Waals surface area contributed by atoms with Gasteiger partial charge in [-0.3, -0.25) is 4.79 Å². The third-order valence-electron chi connectivity index (χ3n) is 3.91. The van der Waals surface area contributed by atoms with Gasteiger partial charge in [-0.05, 0) is 24.1 Å². The predicted octanol–water partition coefficient (Wildman–Crippen LogP) is 4.83. The standard InChI is InChI=1S/C19H14ClF3N2O/c20-17-14(7-4-8-15(17)19(21,22)23)18-24-16(26)10-12-25(18)11-9-13-5-2-1-3-6-13/h1-8,10,12H,9,11H2. The summed E-state index contributed by atoms with van der Waals surface area (Å²) in [7, 11) is 0. The lowest BCUT2D eigenvalue weighted by molar-refractivity contribution is -0.137. The van der Waals surface area contributed by atoms with Gasteiger partial charge in [-0.25, -0.2) is 0 Å². The van der Waals surface area contributed by atoms with E-state index in [0.717, 1.165) is 11.6 Å². The van der Waals surface area contributed by atoms with Gasteiger partial charge in [0.25, 0.3) is 5.56 Å². The highest BCUT2D eigenvalue weighted by Gasteiger charge is 2.34. The van der Waals surface area contributed by atoms with Crippen LogP contribution in [0.15, 0.2) is 65.6 Å². The lowest BCUT2D eigenvalue weighted by atomic mass is 10.1. The Morgan fingerprint density at radius 1 is 1.00 bits per heavy atom. The highest BCUT2D eigenvalue weighted by Crippen LogP contribution is 2.39. The van der Waals surface area contributed by atoms with Crippen LogP contribution in [0.1, 0.15) is 11.1 Å². The van der Waals surface area contributed by atoms with Crippen molar-refractivity contribution in [3.8, 4) is 11.4 Å². The van der Waals surface area contributed by atoms with Crippen molar-refractivity contribution in [3.63, 3.8) is 0 Å². The van der Waals surface area contributed by atoms with Gasteiger partial charge < -0.3 is 4.57 Å². The fourth-order valence-corrected chi connectivity index (χ4v) is 2.96. The van der Waals surface area contributed by atoms with Crippen molar-refractivity contribution in [2.24, 2.45) is 0 Å². The van der Waals surface area contributed by atoms with Crippen LogP contribution in [0.5, 0.6) is 0 Å². The molecule has 0 atom stereocenters. The van der Waals surface area contributed by atoms with Gasteiger partial charge in [0.2, 0.25) is 0 Å². The molecule has 0 fully saturated rings. The topological polar surface area (TPSA) is 34.9 Å². The summed E-state index contributed by atoms with van der Waals surface area (Å²) in [5.41, 5.74) is -0.353. The van der Waals surface area contributed by atoms with E-state index in [0.29, 0.717) is 13.0 Å². The second-order valence-electron chi connectivity index (χ2n) is 5.68. The van der Waals surface area contributed by atoms with Gasteiger partial charge in [0.1, 0.15) is 5.82 Å². The van der Waals surface area contributed by atoms with Crippen molar-refractivity contribution in [2.45, 2.75) is 19.1 Å². The fourth-order valence-electron chi connectivity index (χ4n) is 2.64. The number of alkyl halides is 3. The highest BCUT2D eigenvalue weighted by atomic mass is 35.5. The molecule has 134 valence electrons. The molecule has 1 aromatic heterocycles. The summed E-state index contributed by atoms with van der Waals surface area (Å²) >= 11 is 5.99. The Hall–Kier alpha value is -2.60. The number of aryl methyl sites for hydroxylation is 2. The van der Waals surface area contributed by atoms with E-state index in [-0.39, 0.29) is 11.4 Å². The van der Waals surface area contributed by atoms with Crippen molar-refractivity contribution in [2.75, 3.05) is 0 Å². The maximum absolute atomic E-state index is 13.1. The number of aromatic nitrogens is 2. The van der Waals surface area contributed by atoms with Gasteiger partial charge in [-0.2, -0.15) is 18.2 Å². The molecule has 0 amide bonds. The van der Waals surface area contributed by atoms with Crippen LogP contribution in [0.25, 0.3) is 11.4 Å². The molecule has 0 aliphatic carbocycles. The van der Waals surface area contributed by atoms with Crippen LogP contribution in [0, 0.1) is 0 Å². The molecule has 0 saturated heterocycles. The van der Waals surface area contributed by atoms with E-state index in [4.69, 9.17) is 11.6 Å². The number of halogens is 4. The quantitative estimate of drug-likeness (QED) is 0.652. The van der Waals surface area contributed by atoms with E-state index in [1.165, 1.54) is 24.4 Å². The highest BCUT2D eigenvalue weighted by molar-refractivity contribution is 6.34. The summed E-state index contributed by atoms with van der Waals surface area (Å²) in [6.07, 6.45) is -2.43. The molecule has 0 N–H and O–H groups in total. The first-order valence-corrected chi connectivity index (χ1v) is 8.21. The average molecular weight is 379 g/mol. The minimum atomic E-state index is -4.59. The van der Waals surface area contributed by atoms with E-state index in [2.05, 4.69) is 4.98 Å². The van der Waals surface area contributed by atoms with Crippen molar-refractivity contribution < 1.29 is 13.2 Å². The Labute approximate surface area is 152 Å². The molecular formula is C19H14ClF3N2O. The third-order valence-corrected chi connectivity index (χ3v) is 4.32. The molecule has 0 aliphatic heterocycles. The largest absolute Gasteiger partial charge is 0.417 e. The summed E-state index contributed by atoms with van der Waals surface area (Å²) in [6, 6.07) is 14.5. The van der Waals surface area contributed by atoms with Crippen molar-refractivity contribution in [1.82, 2.24) is 9.55 Å². The van der Waals surface area contributed by atoms with E-state index >= 15 is 0 Å². The third kappa shape index (κ3) is 3.96.